The molecule has 1 amide bonds. The summed E-state index contributed by atoms with van der Waals surface area (Å²) >= 11 is 0. The molecule has 0 saturated carbocycles. The summed E-state index contributed by atoms with van der Waals surface area (Å²) in [6.45, 7) is 0. The summed E-state index contributed by atoms with van der Waals surface area (Å²) in [6.07, 6.45) is 1.38. The first kappa shape index (κ1) is 12.2. The maximum atomic E-state index is 11.6. The minimum absolute atomic E-state index is 0.194. The van der Waals surface area contributed by atoms with Gasteiger partial charge < -0.3 is 19.5 Å². The molecule has 18 heavy (non-hydrogen) atoms. The van der Waals surface area contributed by atoms with Crippen molar-refractivity contribution in [2.75, 3.05) is 21.3 Å². The summed E-state index contributed by atoms with van der Waals surface area (Å²) in [5.41, 5.74) is 0.640. The molecule has 0 radical (unpaired) electrons. The average molecular weight is 250 g/mol. The molecule has 0 aromatic heterocycles. The molecule has 6 heteroatoms. The Morgan fingerprint density at radius 1 is 1.11 bits per heavy atom. The second kappa shape index (κ2) is 4.95. The van der Waals surface area contributed by atoms with E-state index < -0.39 is 6.04 Å². The van der Waals surface area contributed by atoms with Gasteiger partial charge in [0.25, 0.3) is 5.91 Å². The van der Waals surface area contributed by atoms with Crippen molar-refractivity contribution in [3.05, 3.63) is 17.7 Å². The Morgan fingerprint density at radius 2 is 1.83 bits per heavy atom. The van der Waals surface area contributed by atoms with Crippen molar-refractivity contribution in [1.82, 2.24) is 5.32 Å². The molecule has 2 rings (SSSR count). The first-order chi connectivity index (χ1) is 8.72. The number of amides is 1. The molecule has 0 fully saturated rings. The van der Waals surface area contributed by atoms with E-state index in [1.807, 2.05) is 0 Å². The van der Waals surface area contributed by atoms with Gasteiger partial charge in [0.1, 0.15) is 0 Å². The molecular formula is C12H14N2O4. The monoisotopic (exact) mass is 250 g/mol. The van der Waals surface area contributed by atoms with Crippen LogP contribution in [0.2, 0.25) is 0 Å². The van der Waals surface area contributed by atoms with Crippen molar-refractivity contribution in [2.45, 2.75) is 6.04 Å². The second-order valence-electron chi connectivity index (χ2n) is 3.61. The highest BCUT2D eigenvalue weighted by molar-refractivity contribution is 5.97. The number of benzene rings is 1. The van der Waals surface area contributed by atoms with Crippen molar-refractivity contribution in [3.8, 4) is 17.2 Å². The highest BCUT2D eigenvalue weighted by atomic mass is 16.5. The molecule has 0 aliphatic carbocycles. The van der Waals surface area contributed by atoms with Crippen molar-refractivity contribution >= 4 is 12.2 Å². The van der Waals surface area contributed by atoms with Gasteiger partial charge in [-0.15, -0.1) is 0 Å². The van der Waals surface area contributed by atoms with E-state index in [2.05, 4.69) is 10.3 Å². The molecule has 96 valence electrons. The van der Waals surface area contributed by atoms with Gasteiger partial charge in [-0.1, -0.05) is 0 Å². The zero-order valence-corrected chi connectivity index (χ0v) is 10.4. The normalized spacial score (nSPS) is 17.5. The minimum atomic E-state index is -0.611. The summed E-state index contributed by atoms with van der Waals surface area (Å²) < 4.78 is 15.8. The first-order valence-corrected chi connectivity index (χ1v) is 5.33. The molecule has 1 heterocycles. The van der Waals surface area contributed by atoms with Gasteiger partial charge in [0, 0.05) is 5.56 Å². The van der Waals surface area contributed by atoms with Crippen molar-refractivity contribution < 1.29 is 19.0 Å². The van der Waals surface area contributed by atoms with Crippen LogP contribution in [0.15, 0.2) is 17.1 Å². The van der Waals surface area contributed by atoms with Crippen molar-refractivity contribution in [1.29, 1.82) is 0 Å². The van der Waals surface area contributed by atoms with Crippen LogP contribution < -0.4 is 19.5 Å². The number of carbonyl (C=O) groups excluding carboxylic acids is 1. The van der Waals surface area contributed by atoms with E-state index in [1.165, 1.54) is 27.7 Å². The Balaban J connectivity index is 2.54. The van der Waals surface area contributed by atoms with E-state index in [0.717, 1.165) is 0 Å². The highest BCUT2D eigenvalue weighted by Crippen LogP contribution is 2.43. The molecule has 0 bridgehead atoms. The number of rotatable bonds is 4. The average Bonchev–Trinajstić information content (AvgIpc) is 2.82. The Morgan fingerprint density at radius 3 is 2.33 bits per heavy atom. The van der Waals surface area contributed by atoms with Crippen molar-refractivity contribution in [2.24, 2.45) is 4.99 Å². The smallest absolute Gasteiger partial charge is 0.254 e. The fourth-order valence-electron chi connectivity index (χ4n) is 1.88. The topological polar surface area (TPSA) is 69.2 Å². The zero-order valence-electron chi connectivity index (χ0n) is 10.4. The van der Waals surface area contributed by atoms with Gasteiger partial charge in [0.2, 0.25) is 5.75 Å². The van der Waals surface area contributed by atoms with E-state index >= 15 is 0 Å². The van der Waals surface area contributed by atoms with E-state index in [0.29, 0.717) is 22.8 Å². The predicted octanol–water partition coefficient (Wildman–Crippen LogP) is 0.912. The van der Waals surface area contributed by atoms with E-state index in [9.17, 15) is 4.79 Å². The zero-order chi connectivity index (χ0) is 13.1. The van der Waals surface area contributed by atoms with Crippen LogP contribution >= 0.6 is 0 Å². The van der Waals surface area contributed by atoms with Gasteiger partial charge in [-0.2, -0.15) is 0 Å². The SMILES string of the molecule is COc1ccc(C2N=CNC2=O)c(OC)c1OC. The fourth-order valence-corrected chi connectivity index (χ4v) is 1.88. The molecule has 6 nitrogen and oxygen atoms in total. The second-order valence-corrected chi connectivity index (χ2v) is 3.61. The molecule has 1 N–H and O–H groups in total. The van der Waals surface area contributed by atoms with Crippen LogP contribution in [0, 0.1) is 0 Å². The van der Waals surface area contributed by atoms with E-state index in [4.69, 9.17) is 14.2 Å². The lowest BCUT2D eigenvalue weighted by atomic mass is 10.0. The Labute approximate surface area is 105 Å². The Hall–Kier alpha value is -2.24. The molecule has 1 aromatic rings. The lowest BCUT2D eigenvalue weighted by Gasteiger charge is -2.17. The van der Waals surface area contributed by atoms with Gasteiger partial charge in [0.05, 0.1) is 27.7 Å². The van der Waals surface area contributed by atoms with E-state index in [1.54, 1.807) is 12.1 Å². The number of methoxy groups -OCH3 is 3. The number of nitrogens with one attached hydrogen (secondary N) is 1. The number of hydrogen-bond donors (Lipinski definition) is 1. The van der Waals surface area contributed by atoms with Crippen molar-refractivity contribution in [3.63, 3.8) is 0 Å². The Bertz CT molecular complexity index is 499. The summed E-state index contributed by atoms with van der Waals surface area (Å²) in [5, 5.41) is 2.53. The van der Waals surface area contributed by atoms with Gasteiger partial charge in [-0.05, 0) is 12.1 Å². The molecule has 0 spiro atoms. The number of carbonyl (C=O) groups is 1. The summed E-state index contributed by atoms with van der Waals surface area (Å²) in [6, 6.07) is 2.85. The van der Waals surface area contributed by atoms with Gasteiger partial charge >= 0.3 is 0 Å². The third kappa shape index (κ3) is 1.85. The summed E-state index contributed by atoms with van der Waals surface area (Å²) in [4.78, 5) is 15.7. The predicted molar refractivity (Wildman–Crippen MR) is 65.5 cm³/mol. The van der Waals surface area contributed by atoms with Crippen LogP contribution in [0.3, 0.4) is 0 Å². The number of nitrogens with zero attached hydrogens (tertiary/aromatic N) is 1. The van der Waals surface area contributed by atoms with Gasteiger partial charge in [-0.3, -0.25) is 9.79 Å². The van der Waals surface area contributed by atoms with E-state index in [-0.39, 0.29) is 5.91 Å². The molecule has 1 aromatic carbocycles. The molecular weight excluding hydrogens is 236 g/mol. The number of hydrogen-bond acceptors (Lipinski definition) is 5. The fraction of sp³-hybridized carbons (Fsp3) is 0.333. The first-order valence-electron chi connectivity index (χ1n) is 5.33. The summed E-state index contributed by atoms with van der Waals surface area (Å²) in [5.74, 6) is 1.25. The molecule has 1 aliphatic rings. The number of aliphatic imine (C=N–C) groups is 1. The minimum Gasteiger partial charge on any atom is -0.493 e. The Kier molecular flexibility index (Phi) is 3.36. The highest BCUT2D eigenvalue weighted by Gasteiger charge is 2.28. The molecule has 0 saturated heterocycles. The molecule has 1 atom stereocenters. The quantitative estimate of drug-likeness (QED) is 0.862. The third-order valence-corrected chi connectivity index (χ3v) is 2.71. The van der Waals surface area contributed by atoms with Crippen LogP contribution in [0.4, 0.5) is 0 Å². The van der Waals surface area contributed by atoms with Crippen LogP contribution in [0.1, 0.15) is 11.6 Å². The molecule has 1 aliphatic heterocycles. The molecule has 1 unspecified atom stereocenters. The maximum Gasteiger partial charge on any atom is 0.254 e. The van der Waals surface area contributed by atoms with Crippen LogP contribution in [-0.4, -0.2) is 33.6 Å². The lowest BCUT2D eigenvalue weighted by molar-refractivity contribution is -0.120. The van der Waals surface area contributed by atoms with Crippen LogP contribution in [0.25, 0.3) is 0 Å². The number of ether oxygens (including phenoxy) is 3. The van der Waals surface area contributed by atoms with Gasteiger partial charge in [0.15, 0.2) is 17.5 Å². The largest absolute Gasteiger partial charge is 0.493 e. The van der Waals surface area contributed by atoms with Gasteiger partial charge in [-0.25, -0.2) is 0 Å². The standard InChI is InChI=1S/C12H14N2O4/c1-16-8-5-4-7(9-12(15)14-6-13-9)10(17-2)11(8)18-3/h4-6,9H,1-3H3,(H,13,14,15). The third-order valence-electron chi connectivity index (χ3n) is 2.71. The van der Waals surface area contributed by atoms with Crippen LogP contribution in [0.5, 0.6) is 17.2 Å². The lowest BCUT2D eigenvalue weighted by Crippen LogP contribution is -2.19. The summed E-state index contributed by atoms with van der Waals surface area (Å²) in [7, 11) is 4.57. The maximum absolute atomic E-state index is 11.6. The van der Waals surface area contributed by atoms with Crippen LogP contribution in [-0.2, 0) is 4.79 Å².